The van der Waals surface area contributed by atoms with Gasteiger partial charge in [-0.25, -0.2) is 13.1 Å². The van der Waals surface area contributed by atoms with Crippen LogP contribution >= 0.6 is 0 Å². The van der Waals surface area contributed by atoms with Gasteiger partial charge in [-0.2, -0.15) is 0 Å². The van der Waals surface area contributed by atoms with Gasteiger partial charge in [0.15, 0.2) is 11.5 Å². The van der Waals surface area contributed by atoms with Crippen LogP contribution in [0.1, 0.15) is 49.7 Å². The van der Waals surface area contributed by atoms with Gasteiger partial charge in [-0.3, -0.25) is 4.79 Å². The number of rotatable bonds is 6. The normalized spacial score (nSPS) is 17.0. The van der Waals surface area contributed by atoms with Gasteiger partial charge >= 0.3 is 0 Å². The summed E-state index contributed by atoms with van der Waals surface area (Å²) >= 11 is 0. The van der Waals surface area contributed by atoms with E-state index in [0.29, 0.717) is 22.7 Å². The van der Waals surface area contributed by atoms with Crippen LogP contribution in [0.25, 0.3) is 0 Å². The van der Waals surface area contributed by atoms with E-state index in [-0.39, 0.29) is 23.8 Å². The molecule has 31 heavy (non-hydrogen) atoms. The molecule has 7 nitrogen and oxygen atoms in total. The molecule has 2 aromatic carbocycles. The molecule has 1 fully saturated rings. The second-order valence-corrected chi connectivity index (χ2v) is 10.0. The van der Waals surface area contributed by atoms with Gasteiger partial charge in [-0.15, -0.1) is 0 Å². The summed E-state index contributed by atoms with van der Waals surface area (Å²) in [5.41, 5.74) is 2.12. The molecule has 2 aromatic rings. The van der Waals surface area contributed by atoms with E-state index in [4.69, 9.17) is 9.47 Å². The predicted octanol–water partition coefficient (Wildman–Crippen LogP) is 4.04. The molecule has 0 atom stereocenters. The Labute approximate surface area is 183 Å². The summed E-state index contributed by atoms with van der Waals surface area (Å²) in [4.78, 5) is 12.6. The Bertz CT molecular complexity index is 1090. The van der Waals surface area contributed by atoms with Crippen LogP contribution in [0.2, 0.25) is 0 Å². The molecule has 0 unspecified atom stereocenters. The highest BCUT2D eigenvalue weighted by Gasteiger charge is 2.42. The lowest BCUT2D eigenvalue weighted by atomic mass is 9.94. The number of hydrogen-bond acceptors (Lipinski definition) is 5. The molecule has 1 amide bonds. The van der Waals surface area contributed by atoms with E-state index in [9.17, 15) is 13.2 Å². The quantitative estimate of drug-likeness (QED) is 0.701. The van der Waals surface area contributed by atoms with Crippen molar-refractivity contribution in [1.29, 1.82) is 0 Å². The molecule has 1 saturated carbocycles. The topological polar surface area (TPSA) is 93.7 Å². The van der Waals surface area contributed by atoms with Gasteiger partial charge in [0.1, 0.15) is 0 Å². The summed E-state index contributed by atoms with van der Waals surface area (Å²) in [5, 5.41) is 2.80. The smallest absolute Gasteiger partial charge is 0.251 e. The van der Waals surface area contributed by atoms with Gasteiger partial charge in [0, 0.05) is 37.6 Å². The molecule has 1 aliphatic heterocycles. The first kappa shape index (κ1) is 21.6. The summed E-state index contributed by atoms with van der Waals surface area (Å²) in [6.45, 7) is 3.60. The van der Waals surface area contributed by atoms with E-state index in [0.717, 1.165) is 31.2 Å². The average molecular weight is 445 g/mol. The van der Waals surface area contributed by atoms with Crippen molar-refractivity contribution < 1.29 is 22.7 Å². The van der Waals surface area contributed by atoms with Crippen LogP contribution in [0, 0.1) is 13.8 Å². The van der Waals surface area contributed by atoms with Crippen LogP contribution in [0.5, 0.6) is 11.5 Å². The molecule has 2 aliphatic rings. The first-order chi connectivity index (χ1) is 14.8. The van der Waals surface area contributed by atoms with Crippen molar-refractivity contribution in [2.75, 3.05) is 11.9 Å². The number of sulfonamides is 1. The molecule has 1 heterocycles. The molecule has 4 rings (SSSR count). The molecular weight excluding hydrogens is 416 g/mol. The monoisotopic (exact) mass is 444 g/mol. The minimum absolute atomic E-state index is 0.00914. The molecule has 0 radical (unpaired) electrons. The van der Waals surface area contributed by atoms with Crippen LogP contribution in [0.4, 0.5) is 5.69 Å². The average Bonchev–Trinajstić information content (AvgIpc) is 3.06. The molecule has 2 N–H and O–H groups in total. The summed E-state index contributed by atoms with van der Waals surface area (Å²) in [6, 6.07) is 10.6. The number of nitrogens with one attached hydrogen (secondary N) is 2. The maximum absolute atomic E-state index is 12.5. The van der Waals surface area contributed by atoms with Crippen LogP contribution in [0.15, 0.2) is 41.3 Å². The third-order valence-electron chi connectivity index (χ3n) is 5.71. The fourth-order valence-electron chi connectivity index (χ4n) is 4.06. The van der Waals surface area contributed by atoms with E-state index >= 15 is 0 Å². The predicted molar refractivity (Wildman–Crippen MR) is 118 cm³/mol. The number of fused-ring (bicyclic) bond motifs is 1. The molecular formula is C23H28N2O5S. The SMILES string of the molecule is Cc1ccc(C)c(S(=O)(=O)NCCC(=O)Nc2ccc3c(c2)OC2(CCCCC2)O3)c1. The lowest BCUT2D eigenvalue weighted by Gasteiger charge is -2.31. The van der Waals surface area contributed by atoms with E-state index in [2.05, 4.69) is 10.0 Å². The second kappa shape index (κ2) is 8.51. The molecule has 0 saturated heterocycles. The van der Waals surface area contributed by atoms with Crippen molar-refractivity contribution in [3.8, 4) is 11.5 Å². The molecule has 1 spiro atoms. The van der Waals surface area contributed by atoms with Crippen molar-refractivity contribution in [2.45, 2.75) is 63.1 Å². The Morgan fingerprint density at radius 2 is 1.74 bits per heavy atom. The lowest BCUT2D eigenvalue weighted by Crippen LogP contribution is -2.40. The minimum Gasteiger partial charge on any atom is -0.448 e. The van der Waals surface area contributed by atoms with Crippen LogP contribution < -0.4 is 19.5 Å². The number of anilines is 1. The van der Waals surface area contributed by atoms with Gasteiger partial charge in [-0.1, -0.05) is 18.6 Å². The number of aryl methyl sites for hydroxylation is 2. The maximum atomic E-state index is 12.5. The number of ether oxygens (including phenoxy) is 2. The standard InChI is InChI=1S/C23H28N2O5S/c1-16-6-7-17(2)21(14-16)31(27,28)24-13-10-22(26)25-18-8-9-19-20(15-18)30-23(29-19)11-4-3-5-12-23/h6-9,14-15,24H,3-5,10-13H2,1-2H3,(H,25,26). The van der Waals surface area contributed by atoms with Crippen molar-refractivity contribution in [2.24, 2.45) is 0 Å². The van der Waals surface area contributed by atoms with E-state index < -0.39 is 15.8 Å². The van der Waals surface area contributed by atoms with Crippen molar-refractivity contribution in [1.82, 2.24) is 4.72 Å². The van der Waals surface area contributed by atoms with Gasteiger partial charge < -0.3 is 14.8 Å². The Balaban J connectivity index is 1.32. The summed E-state index contributed by atoms with van der Waals surface area (Å²) in [5.74, 6) is 0.488. The van der Waals surface area contributed by atoms with Gasteiger partial charge in [0.2, 0.25) is 15.9 Å². The van der Waals surface area contributed by atoms with Crippen LogP contribution in [0.3, 0.4) is 0 Å². The molecule has 0 bridgehead atoms. The van der Waals surface area contributed by atoms with E-state index in [1.54, 1.807) is 37.3 Å². The first-order valence-corrected chi connectivity index (χ1v) is 12.1. The van der Waals surface area contributed by atoms with Crippen molar-refractivity contribution in [3.63, 3.8) is 0 Å². The Kier molecular flexibility index (Phi) is 5.94. The lowest BCUT2D eigenvalue weighted by molar-refractivity contribution is -0.116. The Hall–Kier alpha value is -2.58. The summed E-state index contributed by atoms with van der Waals surface area (Å²) in [6.07, 6.45) is 5.10. The zero-order chi connectivity index (χ0) is 22.1. The zero-order valence-electron chi connectivity index (χ0n) is 17.9. The summed E-state index contributed by atoms with van der Waals surface area (Å²) < 4.78 is 39.7. The fourth-order valence-corrected chi connectivity index (χ4v) is 5.42. The Morgan fingerprint density at radius 1 is 1.00 bits per heavy atom. The van der Waals surface area contributed by atoms with Crippen LogP contribution in [-0.4, -0.2) is 26.7 Å². The maximum Gasteiger partial charge on any atom is 0.251 e. The first-order valence-electron chi connectivity index (χ1n) is 10.7. The van der Waals surface area contributed by atoms with E-state index in [1.807, 2.05) is 13.0 Å². The number of carbonyl (C=O) groups excluding carboxylic acids is 1. The molecule has 1 aliphatic carbocycles. The van der Waals surface area contributed by atoms with Crippen molar-refractivity contribution in [3.05, 3.63) is 47.5 Å². The highest BCUT2D eigenvalue weighted by atomic mass is 32.2. The summed E-state index contributed by atoms with van der Waals surface area (Å²) in [7, 11) is -3.67. The fraction of sp³-hybridized carbons (Fsp3) is 0.435. The molecule has 166 valence electrons. The van der Waals surface area contributed by atoms with E-state index in [1.165, 1.54) is 6.42 Å². The molecule has 8 heteroatoms. The number of amides is 1. The Morgan fingerprint density at radius 3 is 2.52 bits per heavy atom. The largest absolute Gasteiger partial charge is 0.448 e. The highest BCUT2D eigenvalue weighted by molar-refractivity contribution is 7.89. The van der Waals surface area contributed by atoms with Gasteiger partial charge in [0.05, 0.1) is 4.90 Å². The minimum atomic E-state index is -3.67. The van der Waals surface area contributed by atoms with Crippen LogP contribution in [-0.2, 0) is 14.8 Å². The van der Waals surface area contributed by atoms with Gasteiger partial charge in [-0.05, 0) is 56.0 Å². The second-order valence-electron chi connectivity index (χ2n) is 8.30. The highest BCUT2D eigenvalue weighted by Crippen LogP contribution is 2.46. The third-order valence-corrected chi connectivity index (χ3v) is 7.32. The van der Waals surface area contributed by atoms with Gasteiger partial charge in [0.25, 0.3) is 5.79 Å². The molecule has 0 aromatic heterocycles. The number of benzene rings is 2. The third kappa shape index (κ3) is 4.85. The zero-order valence-corrected chi connectivity index (χ0v) is 18.7. The van der Waals surface area contributed by atoms with Crippen molar-refractivity contribution >= 4 is 21.6 Å². The number of hydrogen-bond donors (Lipinski definition) is 2. The number of carbonyl (C=O) groups is 1.